The van der Waals surface area contributed by atoms with Crippen LogP contribution in [0.25, 0.3) is 11.8 Å². The van der Waals surface area contributed by atoms with Crippen LogP contribution in [0.15, 0.2) is 28.8 Å². The first-order chi connectivity index (χ1) is 12.5. The second-order valence-corrected chi connectivity index (χ2v) is 8.54. The summed E-state index contributed by atoms with van der Waals surface area (Å²) in [6.07, 6.45) is 7.86. The first kappa shape index (κ1) is 13.6. The van der Waals surface area contributed by atoms with Crippen LogP contribution in [0.5, 0.6) is 0 Å². The van der Waals surface area contributed by atoms with Crippen LogP contribution in [0.2, 0.25) is 5.02 Å². The Bertz CT molecular complexity index is 1210. The Labute approximate surface area is 153 Å². The van der Waals surface area contributed by atoms with Crippen molar-refractivity contribution in [2.75, 3.05) is 5.32 Å². The highest BCUT2D eigenvalue weighted by atomic mass is 35.5. The van der Waals surface area contributed by atoms with Gasteiger partial charge in [-0.15, -0.1) is 0 Å². The quantitative estimate of drug-likeness (QED) is 0.753. The largest absolute Gasteiger partial charge is 0.360 e. The number of aromatic nitrogens is 3. The van der Waals surface area contributed by atoms with Crippen LogP contribution in [-0.4, -0.2) is 14.5 Å². The Morgan fingerprint density at radius 2 is 2.23 bits per heavy atom. The van der Waals surface area contributed by atoms with E-state index in [4.69, 9.17) is 11.6 Å². The summed E-state index contributed by atoms with van der Waals surface area (Å²) in [5, 5.41) is 7.43. The minimum atomic E-state index is -0.497. The fourth-order valence-corrected chi connectivity index (χ4v) is 6.26. The summed E-state index contributed by atoms with van der Waals surface area (Å²) in [6.45, 7) is 2.12. The molecule has 6 nitrogen and oxygen atoms in total. The van der Waals surface area contributed by atoms with Crippen LogP contribution in [-0.2, 0) is 12.1 Å². The molecule has 8 bridgehead atoms. The fourth-order valence-electron chi connectivity index (χ4n) is 5.97. The fraction of sp³-hybridized carbons (Fsp3) is 0.316. The van der Waals surface area contributed by atoms with E-state index in [-0.39, 0.29) is 16.9 Å². The van der Waals surface area contributed by atoms with Gasteiger partial charge in [0, 0.05) is 23.3 Å². The van der Waals surface area contributed by atoms with Crippen molar-refractivity contribution in [1.29, 1.82) is 0 Å². The summed E-state index contributed by atoms with van der Waals surface area (Å²) in [5.41, 5.74) is 5.14. The maximum Gasteiger partial charge on any atom is 0.276 e. The second kappa shape index (κ2) is 3.74. The van der Waals surface area contributed by atoms with Gasteiger partial charge in [0.25, 0.3) is 5.56 Å². The number of fused-ring (bicyclic) bond motifs is 2. The molecular formula is C19H14ClN5O. The third kappa shape index (κ3) is 1.19. The molecule has 7 heteroatoms. The summed E-state index contributed by atoms with van der Waals surface area (Å²) in [4.78, 5) is 22.3. The molecule has 8 rings (SSSR count). The van der Waals surface area contributed by atoms with E-state index < -0.39 is 5.66 Å². The summed E-state index contributed by atoms with van der Waals surface area (Å²) < 4.78 is 1.86. The van der Waals surface area contributed by atoms with Crippen molar-refractivity contribution in [3.63, 3.8) is 0 Å². The minimum Gasteiger partial charge on any atom is -0.360 e. The molecule has 2 N–H and O–H groups in total. The highest BCUT2D eigenvalue weighted by Crippen LogP contribution is 2.68. The zero-order chi connectivity index (χ0) is 17.4. The molecule has 0 radical (unpaired) electrons. The number of nitrogens with one attached hydrogen (secondary N) is 2. The summed E-state index contributed by atoms with van der Waals surface area (Å²) >= 11 is 6.62. The highest BCUT2D eigenvalue weighted by molar-refractivity contribution is 6.32. The van der Waals surface area contributed by atoms with Crippen LogP contribution in [0, 0.1) is 11.3 Å². The summed E-state index contributed by atoms with van der Waals surface area (Å²) in [5.74, 6) is 0.898. The molecule has 1 spiro atoms. The Balaban J connectivity index is 1.67. The molecule has 2 aromatic heterocycles. The van der Waals surface area contributed by atoms with Crippen molar-refractivity contribution in [3.05, 3.63) is 56.4 Å². The van der Waals surface area contributed by atoms with Gasteiger partial charge >= 0.3 is 0 Å². The van der Waals surface area contributed by atoms with E-state index in [0.29, 0.717) is 16.5 Å². The third-order valence-corrected chi connectivity index (χ3v) is 7.15. The molecule has 26 heavy (non-hydrogen) atoms. The molecule has 1 fully saturated rings. The molecule has 2 aliphatic carbocycles. The van der Waals surface area contributed by atoms with E-state index >= 15 is 0 Å². The van der Waals surface area contributed by atoms with E-state index in [2.05, 4.69) is 39.7 Å². The van der Waals surface area contributed by atoms with Crippen molar-refractivity contribution in [2.24, 2.45) is 11.3 Å². The summed E-state index contributed by atoms with van der Waals surface area (Å²) in [6, 6.07) is 1.72. The number of hydrogen-bond acceptors (Lipinski definition) is 5. The topological polar surface area (TPSA) is 71.8 Å². The lowest BCUT2D eigenvalue weighted by atomic mass is 9.50. The molecule has 4 aliphatic heterocycles. The van der Waals surface area contributed by atoms with E-state index in [1.54, 1.807) is 12.4 Å². The Morgan fingerprint density at radius 1 is 1.35 bits per heavy atom. The lowest BCUT2D eigenvalue weighted by Gasteiger charge is -2.55. The zero-order valence-corrected chi connectivity index (χ0v) is 14.7. The zero-order valence-electron chi connectivity index (χ0n) is 13.9. The number of hydrogen-bond donors (Lipinski definition) is 2. The molecule has 2 aromatic rings. The molecule has 3 atom stereocenters. The molecule has 128 valence electrons. The summed E-state index contributed by atoms with van der Waals surface area (Å²) in [7, 11) is 0. The average molecular weight is 364 g/mol. The van der Waals surface area contributed by atoms with E-state index in [9.17, 15) is 4.79 Å². The van der Waals surface area contributed by atoms with Gasteiger partial charge in [-0.25, -0.2) is 9.97 Å². The van der Waals surface area contributed by atoms with E-state index in [0.717, 1.165) is 35.5 Å². The Hall–Kier alpha value is -2.60. The first-order valence-corrected chi connectivity index (χ1v) is 9.17. The van der Waals surface area contributed by atoms with Gasteiger partial charge < -0.3 is 10.6 Å². The number of allylic oxidation sites excluding steroid dienone is 1. The van der Waals surface area contributed by atoms with E-state index in [1.807, 2.05) is 4.57 Å². The van der Waals surface area contributed by atoms with Crippen LogP contribution < -0.4 is 16.2 Å². The van der Waals surface area contributed by atoms with Crippen molar-refractivity contribution < 1.29 is 0 Å². The minimum absolute atomic E-state index is 0.0125. The molecule has 6 aliphatic rings. The van der Waals surface area contributed by atoms with Gasteiger partial charge in [0.05, 0.1) is 22.1 Å². The highest BCUT2D eigenvalue weighted by Gasteiger charge is 2.67. The van der Waals surface area contributed by atoms with Crippen LogP contribution in [0.1, 0.15) is 30.3 Å². The third-order valence-electron chi connectivity index (χ3n) is 6.86. The standard InChI is InChI=1S/C19H14ClN5O/c1-18-15-9-5-19(15)3-2-8-12(6-19)21-7-22-16(8)23-11-4-10(20)14(13(9)24-18)25(18)17(11)26/h2-4,7,15,24H,5-6H2,1H3,(H,21,22,23). The van der Waals surface area contributed by atoms with Gasteiger partial charge in [-0.3, -0.25) is 9.36 Å². The molecular weight excluding hydrogens is 350 g/mol. The van der Waals surface area contributed by atoms with Crippen molar-refractivity contribution in [2.45, 2.75) is 25.4 Å². The number of anilines is 2. The molecule has 0 amide bonds. The van der Waals surface area contributed by atoms with Crippen molar-refractivity contribution in [1.82, 2.24) is 19.9 Å². The molecule has 6 heterocycles. The van der Waals surface area contributed by atoms with Gasteiger partial charge in [0.15, 0.2) is 0 Å². The maximum absolute atomic E-state index is 13.4. The van der Waals surface area contributed by atoms with Crippen molar-refractivity contribution in [3.8, 4) is 0 Å². The second-order valence-electron chi connectivity index (χ2n) is 8.13. The Kier molecular flexibility index (Phi) is 1.95. The number of rotatable bonds is 0. The predicted molar refractivity (Wildman–Crippen MR) is 98.0 cm³/mol. The lowest BCUT2D eigenvalue weighted by Crippen LogP contribution is -2.58. The first-order valence-electron chi connectivity index (χ1n) is 8.80. The lowest BCUT2D eigenvalue weighted by molar-refractivity contribution is 0.0481. The van der Waals surface area contributed by atoms with Gasteiger partial charge in [0.1, 0.15) is 23.5 Å². The molecule has 1 saturated carbocycles. The predicted octanol–water partition coefficient (Wildman–Crippen LogP) is 2.63. The average Bonchev–Trinajstić information content (AvgIpc) is 3.03. The van der Waals surface area contributed by atoms with Crippen molar-refractivity contribution >= 4 is 34.9 Å². The van der Waals surface area contributed by atoms with Gasteiger partial charge in [-0.05, 0) is 25.0 Å². The van der Waals surface area contributed by atoms with Crippen LogP contribution >= 0.6 is 11.6 Å². The monoisotopic (exact) mass is 363 g/mol. The molecule has 3 unspecified atom stereocenters. The van der Waals surface area contributed by atoms with Gasteiger partial charge in [-0.1, -0.05) is 23.8 Å². The van der Waals surface area contributed by atoms with E-state index in [1.165, 1.54) is 5.57 Å². The number of halogens is 1. The SMILES string of the molecule is CC12NC3=C4CC5(C=Cc6c(ncnc6Nc6cc(Cl)c3n1c6=O)C5)C42. The van der Waals surface area contributed by atoms with Crippen LogP contribution in [0.3, 0.4) is 0 Å². The maximum atomic E-state index is 13.4. The number of pyridine rings is 1. The smallest absolute Gasteiger partial charge is 0.276 e. The Morgan fingerprint density at radius 3 is 3.12 bits per heavy atom. The normalized spacial score (nSPS) is 33.1. The van der Waals surface area contributed by atoms with Gasteiger partial charge in [0.2, 0.25) is 0 Å². The molecule has 0 saturated heterocycles. The molecule has 0 aromatic carbocycles. The van der Waals surface area contributed by atoms with Gasteiger partial charge in [-0.2, -0.15) is 0 Å². The number of nitrogens with zero attached hydrogens (tertiary/aromatic N) is 3. The van der Waals surface area contributed by atoms with Crippen LogP contribution in [0.4, 0.5) is 11.5 Å².